The molecule has 2 heterocycles. The van der Waals surface area contributed by atoms with E-state index in [2.05, 4.69) is 25.8 Å². The highest BCUT2D eigenvalue weighted by atomic mass is 35.5. The Hall–Kier alpha value is -2.42. The number of likely N-dealkylation sites (N-methyl/N-ethyl adjacent to an activating group) is 1. The van der Waals surface area contributed by atoms with Crippen LogP contribution in [0, 0.1) is 0 Å². The number of aryl methyl sites for hydroxylation is 1. The molecule has 1 unspecified atom stereocenters. The second-order valence-electron chi connectivity index (χ2n) is 5.75. The maximum atomic E-state index is 12.5. The van der Waals surface area contributed by atoms with Crippen molar-refractivity contribution in [2.45, 2.75) is 19.1 Å². The average Bonchev–Trinajstić information content (AvgIpc) is 3.27. The number of aromatic nitrogens is 5. The van der Waals surface area contributed by atoms with Crippen LogP contribution >= 0.6 is 24.8 Å². The molecule has 27 heavy (non-hydrogen) atoms. The van der Waals surface area contributed by atoms with Crippen LogP contribution in [0.25, 0.3) is 0 Å². The number of hydrogen-bond acceptors (Lipinski definition) is 5. The summed E-state index contributed by atoms with van der Waals surface area (Å²) < 4.78 is 3.44. The van der Waals surface area contributed by atoms with Crippen LogP contribution in [0.2, 0.25) is 0 Å². The van der Waals surface area contributed by atoms with Crippen molar-refractivity contribution in [2.75, 3.05) is 7.05 Å². The van der Waals surface area contributed by atoms with Gasteiger partial charge in [0.15, 0.2) is 0 Å². The molecule has 10 heteroatoms. The lowest BCUT2D eigenvalue weighted by Crippen LogP contribution is -2.35. The van der Waals surface area contributed by atoms with Crippen LogP contribution in [0.3, 0.4) is 0 Å². The van der Waals surface area contributed by atoms with Gasteiger partial charge in [0.05, 0.1) is 12.7 Å². The Morgan fingerprint density at radius 1 is 1.19 bits per heavy atom. The van der Waals surface area contributed by atoms with Crippen molar-refractivity contribution < 1.29 is 4.79 Å². The fourth-order valence-electron chi connectivity index (χ4n) is 2.70. The van der Waals surface area contributed by atoms with Crippen LogP contribution in [0.15, 0.2) is 49.3 Å². The number of amides is 1. The summed E-state index contributed by atoms with van der Waals surface area (Å²) in [5, 5.41) is 14.3. The molecule has 0 aliphatic carbocycles. The molecule has 0 aliphatic heterocycles. The number of rotatable bonds is 7. The van der Waals surface area contributed by atoms with Crippen LogP contribution in [-0.4, -0.2) is 37.5 Å². The Balaban J connectivity index is 0.00000182. The normalized spacial score (nSPS) is 11.2. The van der Waals surface area contributed by atoms with Gasteiger partial charge in [0, 0.05) is 25.4 Å². The van der Waals surface area contributed by atoms with Crippen molar-refractivity contribution in [1.29, 1.82) is 0 Å². The molecular weight excluding hydrogens is 389 g/mol. The van der Waals surface area contributed by atoms with Gasteiger partial charge in [-0.2, -0.15) is 10.2 Å². The summed E-state index contributed by atoms with van der Waals surface area (Å²) in [6.07, 6.45) is 6.71. The zero-order valence-corrected chi connectivity index (χ0v) is 16.7. The molecule has 0 saturated heterocycles. The first-order valence-electron chi connectivity index (χ1n) is 8.00. The van der Waals surface area contributed by atoms with Crippen molar-refractivity contribution in [3.63, 3.8) is 0 Å². The number of carbonyl (C=O) groups excluding carboxylic acids is 1. The van der Waals surface area contributed by atoms with Gasteiger partial charge in [-0.05, 0) is 18.2 Å². The highest BCUT2D eigenvalue weighted by molar-refractivity contribution is 5.85. The summed E-state index contributed by atoms with van der Waals surface area (Å²) in [6.45, 7) is 1.06. The molecule has 0 saturated carbocycles. The first-order valence-corrected chi connectivity index (χ1v) is 8.00. The highest BCUT2D eigenvalue weighted by Crippen LogP contribution is 2.13. The van der Waals surface area contributed by atoms with Crippen molar-refractivity contribution in [1.82, 2.24) is 35.2 Å². The second kappa shape index (κ2) is 10.7. The molecular formula is C17H23Cl2N7O. The van der Waals surface area contributed by atoms with Crippen molar-refractivity contribution in [2.24, 2.45) is 7.05 Å². The standard InChI is InChI=1S/C17H21N7O.2ClH/c1-18-16(15-8-21-23(2)9-15)17(25)20-7-13-5-3-4-6-14(13)10-24-12-19-11-22-24;;/h3-6,8-9,11-12,16,18H,7,10H2,1-2H3,(H,20,25);2*1H. The minimum absolute atomic E-state index is 0. The number of benzene rings is 1. The zero-order valence-electron chi connectivity index (χ0n) is 15.1. The fraction of sp³-hybridized carbons (Fsp3) is 0.294. The summed E-state index contributed by atoms with van der Waals surface area (Å²) in [5.41, 5.74) is 2.97. The second-order valence-corrected chi connectivity index (χ2v) is 5.75. The van der Waals surface area contributed by atoms with Gasteiger partial charge in [-0.3, -0.25) is 9.48 Å². The SMILES string of the molecule is CNC(C(=O)NCc1ccccc1Cn1cncn1)c1cnn(C)c1.Cl.Cl. The maximum Gasteiger partial charge on any atom is 0.242 e. The van der Waals surface area contributed by atoms with Crippen LogP contribution < -0.4 is 10.6 Å². The number of carbonyl (C=O) groups is 1. The van der Waals surface area contributed by atoms with Crippen LogP contribution in [0.5, 0.6) is 0 Å². The van der Waals surface area contributed by atoms with Crippen molar-refractivity contribution in [3.8, 4) is 0 Å². The molecule has 0 bridgehead atoms. The van der Waals surface area contributed by atoms with E-state index >= 15 is 0 Å². The molecule has 0 aliphatic rings. The predicted octanol–water partition coefficient (Wildman–Crippen LogP) is 1.48. The minimum atomic E-state index is -0.434. The van der Waals surface area contributed by atoms with Gasteiger partial charge in [-0.15, -0.1) is 24.8 Å². The summed E-state index contributed by atoms with van der Waals surface area (Å²) in [4.78, 5) is 16.5. The minimum Gasteiger partial charge on any atom is -0.350 e. The maximum absolute atomic E-state index is 12.5. The summed E-state index contributed by atoms with van der Waals surface area (Å²) in [6, 6.07) is 7.54. The Labute approximate surface area is 170 Å². The molecule has 2 N–H and O–H groups in total. The summed E-state index contributed by atoms with van der Waals surface area (Å²) >= 11 is 0. The summed E-state index contributed by atoms with van der Waals surface area (Å²) in [7, 11) is 3.59. The highest BCUT2D eigenvalue weighted by Gasteiger charge is 2.20. The van der Waals surface area contributed by atoms with Gasteiger partial charge in [-0.1, -0.05) is 24.3 Å². The first-order chi connectivity index (χ1) is 12.2. The number of nitrogens with one attached hydrogen (secondary N) is 2. The molecule has 1 amide bonds. The van der Waals surface area contributed by atoms with Crippen molar-refractivity contribution in [3.05, 3.63) is 66.0 Å². The van der Waals surface area contributed by atoms with Crippen LogP contribution in [0.1, 0.15) is 22.7 Å². The topological polar surface area (TPSA) is 89.7 Å². The predicted molar refractivity (Wildman–Crippen MR) is 107 cm³/mol. The lowest BCUT2D eigenvalue weighted by Gasteiger charge is -2.16. The Kier molecular flexibility index (Phi) is 8.93. The van der Waals surface area contributed by atoms with Crippen molar-refractivity contribution >= 4 is 30.7 Å². The third kappa shape index (κ3) is 5.78. The van der Waals surface area contributed by atoms with E-state index in [1.807, 2.05) is 37.5 Å². The molecule has 1 aromatic carbocycles. The molecule has 0 radical (unpaired) electrons. The Bertz CT molecular complexity index is 835. The third-order valence-corrected chi connectivity index (χ3v) is 3.98. The van der Waals surface area contributed by atoms with Gasteiger partial charge in [0.1, 0.15) is 18.7 Å². The monoisotopic (exact) mass is 411 g/mol. The van der Waals surface area contributed by atoms with E-state index in [9.17, 15) is 4.79 Å². The molecule has 0 fully saturated rings. The third-order valence-electron chi connectivity index (χ3n) is 3.98. The molecule has 8 nitrogen and oxygen atoms in total. The molecule has 2 aromatic heterocycles. The summed E-state index contributed by atoms with van der Waals surface area (Å²) in [5.74, 6) is -0.0916. The van der Waals surface area contributed by atoms with Gasteiger partial charge in [-0.25, -0.2) is 9.67 Å². The van der Waals surface area contributed by atoms with E-state index < -0.39 is 6.04 Å². The van der Waals surface area contributed by atoms with Crippen LogP contribution in [0.4, 0.5) is 0 Å². The van der Waals surface area contributed by atoms with Gasteiger partial charge in [0.2, 0.25) is 5.91 Å². The number of halogens is 2. The molecule has 3 rings (SSSR count). The van der Waals surface area contributed by atoms with E-state index in [0.29, 0.717) is 13.1 Å². The largest absolute Gasteiger partial charge is 0.350 e. The quantitative estimate of drug-likeness (QED) is 0.614. The lowest BCUT2D eigenvalue weighted by molar-refractivity contribution is -0.123. The molecule has 3 aromatic rings. The Morgan fingerprint density at radius 3 is 2.52 bits per heavy atom. The van der Waals surface area contributed by atoms with E-state index in [0.717, 1.165) is 16.7 Å². The van der Waals surface area contributed by atoms with E-state index in [-0.39, 0.29) is 30.7 Å². The Morgan fingerprint density at radius 2 is 1.93 bits per heavy atom. The van der Waals surface area contributed by atoms with E-state index in [1.165, 1.54) is 6.33 Å². The first kappa shape index (κ1) is 22.6. The number of hydrogen-bond donors (Lipinski definition) is 2. The molecule has 0 spiro atoms. The smallest absolute Gasteiger partial charge is 0.242 e. The van der Waals surface area contributed by atoms with Crippen LogP contribution in [-0.2, 0) is 24.9 Å². The van der Waals surface area contributed by atoms with E-state index in [1.54, 1.807) is 28.9 Å². The van der Waals surface area contributed by atoms with Gasteiger partial charge < -0.3 is 10.6 Å². The zero-order chi connectivity index (χ0) is 17.6. The fourth-order valence-corrected chi connectivity index (χ4v) is 2.70. The lowest BCUT2D eigenvalue weighted by atomic mass is 10.1. The molecule has 1 atom stereocenters. The molecule has 146 valence electrons. The number of nitrogens with zero attached hydrogens (tertiary/aromatic N) is 5. The van der Waals surface area contributed by atoms with Gasteiger partial charge in [0.25, 0.3) is 0 Å². The average molecular weight is 412 g/mol. The van der Waals surface area contributed by atoms with E-state index in [4.69, 9.17) is 0 Å². The van der Waals surface area contributed by atoms with Gasteiger partial charge >= 0.3 is 0 Å².